The van der Waals surface area contributed by atoms with Crippen LogP contribution in [0.3, 0.4) is 0 Å². The van der Waals surface area contributed by atoms with Crippen LogP contribution < -0.4 is 15.4 Å². The summed E-state index contributed by atoms with van der Waals surface area (Å²) in [6.07, 6.45) is 0.271. The van der Waals surface area contributed by atoms with E-state index in [-0.39, 0.29) is 18.2 Å². The predicted molar refractivity (Wildman–Crippen MR) is 93.1 cm³/mol. The first-order valence-corrected chi connectivity index (χ1v) is 8.06. The summed E-state index contributed by atoms with van der Waals surface area (Å²) in [6, 6.07) is 5.62. The highest BCUT2D eigenvalue weighted by molar-refractivity contribution is 5.90. The zero-order chi connectivity index (χ0) is 19.0. The van der Waals surface area contributed by atoms with Gasteiger partial charge >= 0.3 is 5.97 Å². The van der Waals surface area contributed by atoms with Crippen molar-refractivity contribution in [3.8, 4) is 5.75 Å². The molecule has 0 heterocycles. The Kier molecular flexibility index (Phi) is 7.91. The second-order valence-corrected chi connectivity index (χ2v) is 6.06. The minimum Gasteiger partial charge on any atom is -0.497 e. The topological polar surface area (TPSA) is 93.7 Å². The summed E-state index contributed by atoms with van der Waals surface area (Å²) in [5.41, 5.74) is 0.845. The normalized spacial score (nSPS) is 12.9. The van der Waals surface area contributed by atoms with Gasteiger partial charge in [-0.05, 0) is 23.6 Å². The van der Waals surface area contributed by atoms with Crippen LogP contribution in [0.15, 0.2) is 24.3 Å². The molecule has 0 saturated heterocycles. The monoisotopic (exact) mass is 350 g/mol. The Morgan fingerprint density at radius 2 is 1.64 bits per heavy atom. The van der Waals surface area contributed by atoms with E-state index in [1.165, 1.54) is 14.0 Å². The summed E-state index contributed by atoms with van der Waals surface area (Å²) in [5, 5.41) is 5.27. The molecular formula is C18H26N2O5. The van der Waals surface area contributed by atoms with Gasteiger partial charge in [-0.25, -0.2) is 4.79 Å². The van der Waals surface area contributed by atoms with Crippen molar-refractivity contribution >= 4 is 17.8 Å². The molecule has 0 aliphatic rings. The number of carbonyl (C=O) groups excluding carboxylic acids is 3. The third-order valence-electron chi connectivity index (χ3n) is 3.71. The van der Waals surface area contributed by atoms with Crippen LogP contribution >= 0.6 is 0 Å². The first-order valence-electron chi connectivity index (χ1n) is 8.06. The van der Waals surface area contributed by atoms with Gasteiger partial charge in [-0.2, -0.15) is 0 Å². The van der Waals surface area contributed by atoms with Crippen LogP contribution in [-0.2, 0) is 25.5 Å². The van der Waals surface area contributed by atoms with Gasteiger partial charge in [0.25, 0.3) is 0 Å². The Morgan fingerprint density at radius 1 is 1.04 bits per heavy atom. The molecule has 0 radical (unpaired) electrons. The summed E-state index contributed by atoms with van der Waals surface area (Å²) >= 11 is 0. The first-order chi connectivity index (χ1) is 11.8. The van der Waals surface area contributed by atoms with Crippen LogP contribution in [0.4, 0.5) is 0 Å². The van der Waals surface area contributed by atoms with Gasteiger partial charge in [0.1, 0.15) is 17.8 Å². The Hall–Kier alpha value is -2.57. The highest BCUT2D eigenvalue weighted by Gasteiger charge is 2.28. The molecule has 138 valence electrons. The van der Waals surface area contributed by atoms with Gasteiger partial charge in [0.15, 0.2) is 0 Å². The lowest BCUT2D eigenvalue weighted by molar-refractivity contribution is -0.145. The number of hydrogen-bond acceptors (Lipinski definition) is 5. The largest absolute Gasteiger partial charge is 0.497 e. The fourth-order valence-electron chi connectivity index (χ4n) is 2.35. The SMILES string of the molecule is COC(=O)[C@H](Cc1ccc(OC)cc1)NC(=O)[C@H](NC(C)=O)C(C)C. The maximum atomic E-state index is 12.5. The zero-order valence-electron chi connectivity index (χ0n) is 15.3. The molecule has 0 spiro atoms. The van der Waals surface area contributed by atoms with Crippen molar-refractivity contribution in [2.24, 2.45) is 5.92 Å². The molecule has 0 aromatic heterocycles. The molecule has 0 unspecified atom stereocenters. The molecule has 0 fully saturated rings. The van der Waals surface area contributed by atoms with E-state index < -0.39 is 24.0 Å². The molecule has 2 atom stereocenters. The van der Waals surface area contributed by atoms with Crippen LogP contribution in [0.5, 0.6) is 5.75 Å². The van der Waals surface area contributed by atoms with Crippen LogP contribution in [0, 0.1) is 5.92 Å². The third-order valence-corrected chi connectivity index (χ3v) is 3.71. The van der Waals surface area contributed by atoms with Gasteiger partial charge in [-0.1, -0.05) is 26.0 Å². The number of methoxy groups -OCH3 is 2. The number of rotatable bonds is 8. The van der Waals surface area contributed by atoms with Crippen molar-refractivity contribution in [1.82, 2.24) is 10.6 Å². The fraction of sp³-hybridized carbons (Fsp3) is 0.500. The minimum absolute atomic E-state index is 0.122. The Bertz CT molecular complexity index is 598. The van der Waals surface area contributed by atoms with Gasteiger partial charge < -0.3 is 20.1 Å². The molecule has 1 aromatic carbocycles. The van der Waals surface area contributed by atoms with Gasteiger partial charge in [-0.3, -0.25) is 9.59 Å². The average molecular weight is 350 g/mol. The average Bonchev–Trinajstić information content (AvgIpc) is 2.58. The van der Waals surface area contributed by atoms with E-state index in [1.807, 2.05) is 26.0 Å². The molecule has 0 aliphatic heterocycles. The minimum atomic E-state index is -0.846. The summed E-state index contributed by atoms with van der Waals surface area (Å²) in [6.45, 7) is 4.98. The Morgan fingerprint density at radius 3 is 2.08 bits per heavy atom. The highest BCUT2D eigenvalue weighted by atomic mass is 16.5. The summed E-state index contributed by atoms with van der Waals surface area (Å²) in [4.78, 5) is 35.8. The van der Waals surface area contributed by atoms with Gasteiger partial charge in [-0.15, -0.1) is 0 Å². The van der Waals surface area contributed by atoms with Crippen LogP contribution in [0.1, 0.15) is 26.3 Å². The van der Waals surface area contributed by atoms with E-state index in [2.05, 4.69) is 10.6 Å². The second kappa shape index (κ2) is 9.66. The van der Waals surface area contributed by atoms with Gasteiger partial charge in [0, 0.05) is 13.3 Å². The van der Waals surface area contributed by atoms with Crippen molar-refractivity contribution in [3.63, 3.8) is 0 Å². The van der Waals surface area contributed by atoms with Gasteiger partial charge in [0.05, 0.1) is 14.2 Å². The van der Waals surface area contributed by atoms with E-state index in [4.69, 9.17) is 9.47 Å². The van der Waals surface area contributed by atoms with Gasteiger partial charge in [0.2, 0.25) is 11.8 Å². The quantitative estimate of drug-likeness (QED) is 0.684. The molecule has 0 bridgehead atoms. The van der Waals surface area contributed by atoms with E-state index in [1.54, 1.807) is 19.2 Å². The Balaban J connectivity index is 2.88. The van der Waals surface area contributed by atoms with Crippen LogP contribution in [-0.4, -0.2) is 44.1 Å². The molecule has 0 saturated carbocycles. The molecule has 1 aromatic rings. The lowest BCUT2D eigenvalue weighted by Gasteiger charge is -2.24. The zero-order valence-corrected chi connectivity index (χ0v) is 15.3. The lowest BCUT2D eigenvalue weighted by Crippen LogP contribution is -2.54. The molecule has 0 aliphatic carbocycles. The van der Waals surface area contributed by atoms with Crippen molar-refractivity contribution in [3.05, 3.63) is 29.8 Å². The number of hydrogen-bond donors (Lipinski definition) is 2. The van der Waals surface area contributed by atoms with Crippen molar-refractivity contribution < 1.29 is 23.9 Å². The predicted octanol–water partition coefficient (Wildman–Crippen LogP) is 1.06. The summed E-state index contributed by atoms with van der Waals surface area (Å²) < 4.78 is 9.89. The Labute approximate surface area is 148 Å². The molecule has 2 amide bonds. The van der Waals surface area contributed by atoms with E-state index in [0.29, 0.717) is 5.75 Å². The van der Waals surface area contributed by atoms with Crippen LogP contribution in [0.25, 0.3) is 0 Å². The van der Waals surface area contributed by atoms with Crippen molar-refractivity contribution in [1.29, 1.82) is 0 Å². The first kappa shape index (κ1) is 20.5. The number of amides is 2. The number of esters is 1. The number of ether oxygens (including phenoxy) is 2. The number of carbonyl (C=O) groups is 3. The molecule has 7 nitrogen and oxygen atoms in total. The lowest BCUT2D eigenvalue weighted by atomic mass is 10.0. The summed E-state index contributed by atoms with van der Waals surface area (Å²) in [5.74, 6) is -0.696. The maximum Gasteiger partial charge on any atom is 0.328 e. The van der Waals surface area contributed by atoms with E-state index in [9.17, 15) is 14.4 Å². The molecule has 25 heavy (non-hydrogen) atoms. The second-order valence-electron chi connectivity index (χ2n) is 6.06. The third kappa shape index (κ3) is 6.45. The molecule has 2 N–H and O–H groups in total. The molecular weight excluding hydrogens is 324 g/mol. The fourth-order valence-corrected chi connectivity index (χ4v) is 2.35. The van der Waals surface area contributed by atoms with Crippen LogP contribution in [0.2, 0.25) is 0 Å². The maximum absolute atomic E-state index is 12.5. The highest BCUT2D eigenvalue weighted by Crippen LogP contribution is 2.13. The molecule has 1 rings (SSSR count). The molecule has 7 heteroatoms. The summed E-state index contributed by atoms with van der Waals surface area (Å²) in [7, 11) is 2.84. The number of benzene rings is 1. The van der Waals surface area contributed by atoms with E-state index >= 15 is 0 Å². The van der Waals surface area contributed by atoms with E-state index in [0.717, 1.165) is 5.56 Å². The smallest absolute Gasteiger partial charge is 0.328 e. The van der Waals surface area contributed by atoms with Crippen molar-refractivity contribution in [2.45, 2.75) is 39.3 Å². The number of nitrogens with one attached hydrogen (secondary N) is 2. The van der Waals surface area contributed by atoms with Crippen molar-refractivity contribution in [2.75, 3.05) is 14.2 Å². The standard InChI is InChI=1S/C18H26N2O5/c1-11(2)16(19-12(3)21)17(22)20-15(18(23)25-5)10-13-6-8-14(24-4)9-7-13/h6-9,11,15-16H,10H2,1-5H3,(H,19,21)(H,20,22)/t15-,16+/m0/s1.